The molecular formula is C13H13F11O2. The SMILES string of the molecule is CCCCOC(=O)C(C)=CC(F)(F)C(F)(F)C(F)(F)C(F)(F)C(F)(F)F. The maximum Gasteiger partial charge on any atom is 0.460 e. The highest BCUT2D eigenvalue weighted by Crippen LogP contribution is 2.57. The first-order valence-electron chi connectivity index (χ1n) is 6.81. The van der Waals surface area contributed by atoms with Crippen molar-refractivity contribution in [3.63, 3.8) is 0 Å². The summed E-state index contributed by atoms with van der Waals surface area (Å²) in [5.41, 5.74) is -1.38. The lowest BCUT2D eigenvalue weighted by molar-refractivity contribution is -0.417. The van der Waals surface area contributed by atoms with Crippen LogP contribution in [0.25, 0.3) is 0 Å². The lowest BCUT2D eigenvalue weighted by Gasteiger charge is -2.36. The van der Waals surface area contributed by atoms with Crippen LogP contribution in [0.15, 0.2) is 11.6 Å². The fourth-order valence-corrected chi connectivity index (χ4v) is 1.43. The summed E-state index contributed by atoms with van der Waals surface area (Å²) in [7, 11) is 0. The summed E-state index contributed by atoms with van der Waals surface area (Å²) < 4.78 is 145. The minimum Gasteiger partial charge on any atom is -0.462 e. The summed E-state index contributed by atoms with van der Waals surface area (Å²) >= 11 is 0. The van der Waals surface area contributed by atoms with Crippen molar-refractivity contribution in [2.75, 3.05) is 6.61 Å². The molecule has 0 amide bonds. The summed E-state index contributed by atoms with van der Waals surface area (Å²) in [6.45, 7) is 1.71. The van der Waals surface area contributed by atoms with E-state index in [4.69, 9.17) is 0 Å². The fraction of sp³-hybridized carbons (Fsp3) is 0.769. The van der Waals surface area contributed by atoms with Crippen LogP contribution in [-0.4, -0.2) is 42.4 Å². The molecule has 2 nitrogen and oxygen atoms in total. The Morgan fingerprint density at radius 3 is 1.69 bits per heavy atom. The zero-order chi connectivity index (χ0) is 21.2. The van der Waals surface area contributed by atoms with E-state index in [9.17, 15) is 53.1 Å². The highest BCUT2D eigenvalue weighted by molar-refractivity contribution is 5.87. The smallest absolute Gasteiger partial charge is 0.460 e. The lowest BCUT2D eigenvalue weighted by Crippen LogP contribution is -2.66. The predicted octanol–water partition coefficient (Wildman–Crippen LogP) is 5.38. The lowest BCUT2D eigenvalue weighted by atomic mass is 9.96. The summed E-state index contributed by atoms with van der Waals surface area (Å²) in [5, 5.41) is 0. The zero-order valence-electron chi connectivity index (χ0n) is 13.2. The Bertz CT molecular complexity index is 535. The van der Waals surface area contributed by atoms with E-state index >= 15 is 0 Å². The van der Waals surface area contributed by atoms with Crippen molar-refractivity contribution in [1.29, 1.82) is 0 Å². The van der Waals surface area contributed by atoms with E-state index in [2.05, 4.69) is 4.74 Å². The molecule has 0 spiro atoms. The van der Waals surface area contributed by atoms with Crippen LogP contribution >= 0.6 is 0 Å². The van der Waals surface area contributed by atoms with E-state index in [-0.39, 0.29) is 13.0 Å². The van der Waals surface area contributed by atoms with Crippen LogP contribution in [0.3, 0.4) is 0 Å². The van der Waals surface area contributed by atoms with Gasteiger partial charge in [0.05, 0.1) is 6.61 Å². The maximum absolute atomic E-state index is 13.4. The molecule has 0 saturated carbocycles. The van der Waals surface area contributed by atoms with Crippen molar-refractivity contribution in [2.45, 2.75) is 56.6 Å². The topological polar surface area (TPSA) is 26.3 Å². The number of unbranched alkanes of at least 4 members (excludes halogenated alkanes) is 1. The number of carbonyl (C=O) groups is 1. The number of carbonyl (C=O) groups excluding carboxylic acids is 1. The van der Waals surface area contributed by atoms with Crippen molar-refractivity contribution in [3.05, 3.63) is 11.6 Å². The summed E-state index contributed by atoms with van der Waals surface area (Å²) in [6.07, 6.45) is -7.65. The second kappa shape index (κ2) is 7.59. The van der Waals surface area contributed by atoms with Gasteiger partial charge < -0.3 is 4.74 Å². The second-order valence-corrected chi connectivity index (χ2v) is 5.16. The molecule has 0 fully saturated rings. The first-order valence-corrected chi connectivity index (χ1v) is 6.81. The van der Waals surface area contributed by atoms with Crippen LogP contribution in [0.1, 0.15) is 26.7 Å². The molecule has 0 saturated heterocycles. The molecule has 0 aliphatic rings. The molecular weight excluding hydrogens is 397 g/mol. The molecule has 154 valence electrons. The van der Waals surface area contributed by atoms with Gasteiger partial charge in [0.15, 0.2) is 0 Å². The van der Waals surface area contributed by atoms with Gasteiger partial charge in [-0.2, -0.15) is 48.3 Å². The number of hydrogen-bond acceptors (Lipinski definition) is 2. The Morgan fingerprint density at radius 1 is 0.846 bits per heavy atom. The van der Waals surface area contributed by atoms with Gasteiger partial charge in [-0.05, 0) is 13.3 Å². The number of hydrogen-bond donors (Lipinski definition) is 0. The normalized spacial score (nSPS) is 15.2. The molecule has 0 aliphatic heterocycles. The van der Waals surface area contributed by atoms with Gasteiger partial charge in [0.2, 0.25) is 0 Å². The van der Waals surface area contributed by atoms with Gasteiger partial charge in [0.25, 0.3) is 0 Å². The molecule has 0 bridgehead atoms. The minimum absolute atomic E-state index is 0.238. The third-order valence-electron chi connectivity index (χ3n) is 3.01. The van der Waals surface area contributed by atoms with Gasteiger partial charge in [-0.1, -0.05) is 13.3 Å². The predicted molar refractivity (Wildman–Crippen MR) is 65.5 cm³/mol. The van der Waals surface area contributed by atoms with Crippen molar-refractivity contribution in [3.8, 4) is 0 Å². The summed E-state index contributed by atoms with van der Waals surface area (Å²) in [4.78, 5) is 11.2. The van der Waals surface area contributed by atoms with E-state index < -0.39 is 47.5 Å². The average molecular weight is 410 g/mol. The highest BCUT2D eigenvalue weighted by Gasteiger charge is 2.86. The molecule has 0 N–H and O–H groups in total. The van der Waals surface area contributed by atoms with E-state index in [0.29, 0.717) is 13.3 Å². The number of ether oxygens (including phenoxy) is 1. The Morgan fingerprint density at radius 2 is 1.31 bits per heavy atom. The molecule has 0 rings (SSSR count). The largest absolute Gasteiger partial charge is 0.462 e. The molecule has 0 aromatic carbocycles. The van der Waals surface area contributed by atoms with E-state index in [1.165, 1.54) is 0 Å². The minimum atomic E-state index is -7.51. The van der Waals surface area contributed by atoms with Gasteiger partial charge in [-0.3, -0.25) is 0 Å². The van der Waals surface area contributed by atoms with Gasteiger partial charge in [-0.15, -0.1) is 0 Å². The Kier molecular flexibility index (Phi) is 7.13. The van der Waals surface area contributed by atoms with Crippen molar-refractivity contribution in [2.24, 2.45) is 0 Å². The van der Waals surface area contributed by atoms with Gasteiger partial charge in [-0.25, -0.2) is 4.79 Å². The molecule has 0 aliphatic carbocycles. The molecule has 0 heterocycles. The van der Waals surface area contributed by atoms with Crippen LogP contribution in [-0.2, 0) is 9.53 Å². The first-order chi connectivity index (χ1) is 11.4. The number of esters is 1. The number of alkyl halides is 11. The molecule has 26 heavy (non-hydrogen) atoms. The Labute approximate surface area is 140 Å². The first kappa shape index (κ1) is 24.4. The van der Waals surface area contributed by atoms with E-state index in [1.807, 2.05) is 0 Å². The maximum atomic E-state index is 13.4. The van der Waals surface area contributed by atoms with Crippen molar-refractivity contribution in [1.82, 2.24) is 0 Å². The van der Waals surface area contributed by atoms with Crippen molar-refractivity contribution < 1.29 is 57.8 Å². The molecule has 0 atom stereocenters. The standard InChI is InChI=1S/C13H13F11O2/c1-3-4-5-26-8(25)7(2)6-9(14,15)10(16,17)11(18,19)12(20,21)13(22,23)24/h6H,3-5H2,1-2H3. The third-order valence-corrected chi connectivity index (χ3v) is 3.01. The number of halogens is 11. The van der Waals surface area contributed by atoms with Gasteiger partial charge in [0.1, 0.15) is 0 Å². The summed E-state index contributed by atoms with van der Waals surface area (Å²) in [5.74, 6) is -30.0. The Balaban J connectivity index is 5.81. The van der Waals surface area contributed by atoms with Crippen LogP contribution in [0, 0.1) is 0 Å². The monoisotopic (exact) mass is 410 g/mol. The molecule has 0 unspecified atom stereocenters. The Hall–Kier alpha value is -1.56. The van der Waals surface area contributed by atoms with Crippen molar-refractivity contribution >= 4 is 5.97 Å². The van der Waals surface area contributed by atoms with Crippen LogP contribution in [0.4, 0.5) is 48.3 Å². The zero-order valence-corrected chi connectivity index (χ0v) is 13.2. The average Bonchev–Trinajstić information content (AvgIpc) is 2.44. The molecule has 13 heteroatoms. The quantitative estimate of drug-likeness (QED) is 0.233. The van der Waals surface area contributed by atoms with E-state index in [0.717, 1.165) is 0 Å². The molecule has 0 radical (unpaired) electrons. The molecule has 0 aromatic rings. The fourth-order valence-electron chi connectivity index (χ4n) is 1.43. The van der Waals surface area contributed by atoms with Crippen LogP contribution in [0.5, 0.6) is 0 Å². The molecule has 0 aromatic heterocycles. The van der Waals surface area contributed by atoms with E-state index in [1.54, 1.807) is 6.92 Å². The highest BCUT2D eigenvalue weighted by atomic mass is 19.4. The number of allylic oxidation sites excluding steroid dienone is 1. The third kappa shape index (κ3) is 4.40. The number of rotatable bonds is 8. The van der Waals surface area contributed by atoms with Crippen LogP contribution in [0.2, 0.25) is 0 Å². The summed E-state index contributed by atoms with van der Waals surface area (Å²) in [6, 6.07) is 0. The van der Waals surface area contributed by atoms with Crippen LogP contribution < -0.4 is 0 Å². The van der Waals surface area contributed by atoms with Gasteiger partial charge >= 0.3 is 35.8 Å². The second-order valence-electron chi connectivity index (χ2n) is 5.16. The van der Waals surface area contributed by atoms with Gasteiger partial charge in [0, 0.05) is 11.6 Å².